The van der Waals surface area contributed by atoms with Crippen LogP contribution in [0.5, 0.6) is 0 Å². The van der Waals surface area contributed by atoms with E-state index in [2.05, 4.69) is 35.9 Å². The monoisotopic (exact) mass is 331 g/mol. The van der Waals surface area contributed by atoms with Crippen LogP contribution in [0.2, 0.25) is 0 Å². The minimum atomic E-state index is 0.0325. The van der Waals surface area contributed by atoms with Crippen LogP contribution in [0.25, 0.3) is 0 Å². The molecule has 5 heteroatoms. The quantitative estimate of drug-likeness (QED) is 0.790. The number of carbonyl (C=O) groups is 1. The highest BCUT2D eigenvalue weighted by molar-refractivity contribution is 5.83. The van der Waals surface area contributed by atoms with Gasteiger partial charge in [-0.2, -0.15) is 0 Å². The van der Waals surface area contributed by atoms with Gasteiger partial charge in [0, 0.05) is 38.8 Å². The van der Waals surface area contributed by atoms with Gasteiger partial charge in [0.1, 0.15) is 0 Å². The third-order valence-corrected chi connectivity index (χ3v) is 5.26. The van der Waals surface area contributed by atoms with E-state index in [0.717, 1.165) is 52.4 Å². The van der Waals surface area contributed by atoms with Gasteiger partial charge in [-0.25, -0.2) is 0 Å². The van der Waals surface area contributed by atoms with E-state index in [1.165, 1.54) is 5.56 Å². The van der Waals surface area contributed by atoms with E-state index in [1.54, 1.807) is 0 Å². The maximum atomic E-state index is 12.7. The van der Waals surface area contributed by atoms with Crippen LogP contribution in [0.4, 0.5) is 0 Å². The second kappa shape index (κ2) is 8.10. The van der Waals surface area contributed by atoms with E-state index in [9.17, 15) is 4.79 Å². The molecule has 0 saturated carbocycles. The molecule has 0 N–H and O–H groups in total. The van der Waals surface area contributed by atoms with Crippen LogP contribution in [-0.2, 0) is 16.1 Å². The van der Waals surface area contributed by atoms with Crippen molar-refractivity contribution in [3.63, 3.8) is 0 Å². The lowest BCUT2D eigenvalue weighted by molar-refractivity contribution is -0.132. The van der Waals surface area contributed by atoms with Crippen molar-refractivity contribution in [1.82, 2.24) is 14.7 Å². The average molecular weight is 331 g/mol. The summed E-state index contributed by atoms with van der Waals surface area (Å²) in [6, 6.07) is 10.8. The predicted octanol–water partition coefficient (Wildman–Crippen LogP) is 1.44. The van der Waals surface area contributed by atoms with Crippen molar-refractivity contribution in [2.24, 2.45) is 0 Å². The van der Waals surface area contributed by atoms with E-state index < -0.39 is 0 Å². The van der Waals surface area contributed by atoms with Crippen LogP contribution in [0.15, 0.2) is 30.3 Å². The van der Waals surface area contributed by atoms with E-state index in [0.29, 0.717) is 6.04 Å². The van der Waals surface area contributed by atoms with Gasteiger partial charge >= 0.3 is 0 Å². The normalized spacial score (nSPS) is 25.6. The maximum absolute atomic E-state index is 12.7. The molecule has 1 amide bonds. The molecule has 2 atom stereocenters. The topological polar surface area (TPSA) is 36.0 Å². The van der Waals surface area contributed by atoms with Crippen LogP contribution in [0.3, 0.4) is 0 Å². The first-order chi connectivity index (χ1) is 11.6. The summed E-state index contributed by atoms with van der Waals surface area (Å²) in [6.45, 7) is 8.36. The molecule has 24 heavy (non-hydrogen) atoms. The van der Waals surface area contributed by atoms with Gasteiger partial charge in [0.25, 0.3) is 0 Å². The van der Waals surface area contributed by atoms with E-state index in [4.69, 9.17) is 4.74 Å². The van der Waals surface area contributed by atoms with Crippen molar-refractivity contribution >= 4 is 5.91 Å². The first kappa shape index (κ1) is 17.4. The lowest BCUT2D eigenvalue weighted by Crippen LogP contribution is -2.48. The summed E-state index contributed by atoms with van der Waals surface area (Å²) < 4.78 is 5.49. The predicted molar refractivity (Wildman–Crippen MR) is 94.7 cm³/mol. The van der Waals surface area contributed by atoms with Crippen LogP contribution < -0.4 is 0 Å². The smallest absolute Gasteiger partial charge is 0.240 e. The van der Waals surface area contributed by atoms with E-state index >= 15 is 0 Å². The first-order valence-corrected chi connectivity index (χ1v) is 9.00. The molecule has 0 bridgehead atoms. The summed E-state index contributed by atoms with van der Waals surface area (Å²) in [4.78, 5) is 19.4. The molecule has 2 heterocycles. The van der Waals surface area contributed by atoms with Gasteiger partial charge in [-0.15, -0.1) is 0 Å². The first-order valence-electron chi connectivity index (χ1n) is 9.00. The molecule has 5 nitrogen and oxygen atoms in total. The number of hydrogen-bond donors (Lipinski definition) is 0. The highest BCUT2D eigenvalue weighted by Crippen LogP contribution is 2.19. The Bertz CT molecular complexity index is 537. The molecule has 3 rings (SSSR count). The molecular weight excluding hydrogens is 302 g/mol. The van der Waals surface area contributed by atoms with Crippen molar-refractivity contribution in [3.8, 4) is 0 Å². The second-order valence-electron chi connectivity index (χ2n) is 6.99. The van der Waals surface area contributed by atoms with Crippen molar-refractivity contribution < 1.29 is 9.53 Å². The molecule has 0 spiro atoms. The molecule has 0 radical (unpaired) electrons. The highest BCUT2D eigenvalue weighted by atomic mass is 16.5. The van der Waals surface area contributed by atoms with Gasteiger partial charge in [0.2, 0.25) is 5.91 Å². The SMILES string of the molecule is C[C@@H]1COCCN1CCN(C)[C@@H]1CCN(Cc2ccccc2)C1=O. The van der Waals surface area contributed by atoms with Crippen LogP contribution in [0, 0.1) is 0 Å². The molecule has 0 unspecified atom stereocenters. The minimum Gasteiger partial charge on any atom is -0.379 e. The van der Waals surface area contributed by atoms with Crippen molar-refractivity contribution in [2.75, 3.05) is 46.4 Å². The van der Waals surface area contributed by atoms with Crippen LogP contribution in [-0.4, -0.2) is 79.1 Å². The van der Waals surface area contributed by atoms with Crippen LogP contribution >= 0.6 is 0 Å². The molecule has 2 fully saturated rings. The van der Waals surface area contributed by atoms with E-state index in [-0.39, 0.29) is 11.9 Å². The number of likely N-dealkylation sites (N-methyl/N-ethyl adjacent to an activating group) is 1. The summed E-state index contributed by atoms with van der Waals surface area (Å²) in [5.41, 5.74) is 1.20. The molecule has 1 aromatic rings. The maximum Gasteiger partial charge on any atom is 0.240 e. The van der Waals surface area contributed by atoms with Gasteiger partial charge in [-0.05, 0) is 26.0 Å². The molecule has 132 valence electrons. The second-order valence-corrected chi connectivity index (χ2v) is 6.99. The summed E-state index contributed by atoms with van der Waals surface area (Å²) >= 11 is 0. The van der Waals surface area contributed by atoms with Gasteiger partial charge in [0.05, 0.1) is 19.3 Å². The Morgan fingerprint density at radius 3 is 2.79 bits per heavy atom. The minimum absolute atomic E-state index is 0.0325. The van der Waals surface area contributed by atoms with Gasteiger partial charge in [0.15, 0.2) is 0 Å². The number of benzene rings is 1. The fourth-order valence-electron chi connectivity index (χ4n) is 3.63. The van der Waals surface area contributed by atoms with Crippen molar-refractivity contribution in [1.29, 1.82) is 0 Å². The third kappa shape index (κ3) is 4.15. The Labute approximate surface area is 145 Å². The Morgan fingerprint density at radius 1 is 1.25 bits per heavy atom. The molecular formula is C19H29N3O2. The number of nitrogens with zero attached hydrogens (tertiary/aromatic N) is 3. The lowest BCUT2D eigenvalue weighted by Gasteiger charge is -2.35. The Balaban J connectivity index is 1.49. The lowest BCUT2D eigenvalue weighted by atomic mass is 10.2. The third-order valence-electron chi connectivity index (χ3n) is 5.26. The van der Waals surface area contributed by atoms with Gasteiger partial charge in [-0.3, -0.25) is 14.6 Å². The zero-order valence-corrected chi connectivity index (χ0v) is 14.9. The zero-order chi connectivity index (χ0) is 16.9. The van der Waals surface area contributed by atoms with Gasteiger partial charge in [-0.1, -0.05) is 30.3 Å². The molecule has 1 aromatic carbocycles. The largest absolute Gasteiger partial charge is 0.379 e. The molecule has 2 aliphatic heterocycles. The van der Waals surface area contributed by atoms with Crippen molar-refractivity contribution in [2.45, 2.75) is 32.0 Å². The summed E-state index contributed by atoms with van der Waals surface area (Å²) in [5.74, 6) is 0.274. The molecule has 2 aliphatic rings. The summed E-state index contributed by atoms with van der Waals surface area (Å²) in [5, 5.41) is 0. The van der Waals surface area contributed by atoms with E-state index in [1.807, 2.05) is 23.1 Å². The fourth-order valence-corrected chi connectivity index (χ4v) is 3.63. The Morgan fingerprint density at radius 2 is 2.04 bits per heavy atom. The number of hydrogen-bond acceptors (Lipinski definition) is 4. The molecule has 0 aliphatic carbocycles. The highest BCUT2D eigenvalue weighted by Gasteiger charge is 2.34. The Kier molecular flexibility index (Phi) is 5.87. The van der Waals surface area contributed by atoms with Crippen LogP contribution in [0.1, 0.15) is 18.9 Å². The molecule has 2 saturated heterocycles. The number of ether oxygens (including phenoxy) is 1. The summed E-state index contributed by atoms with van der Waals surface area (Å²) in [7, 11) is 2.08. The molecule has 0 aromatic heterocycles. The number of likely N-dealkylation sites (tertiary alicyclic amines) is 1. The summed E-state index contributed by atoms with van der Waals surface area (Å²) in [6.07, 6.45) is 0.931. The average Bonchev–Trinajstić information content (AvgIpc) is 2.96. The number of carbonyl (C=O) groups excluding carboxylic acids is 1. The van der Waals surface area contributed by atoms with Gasteiger partial charge < -0.3 is 9.64 Å². The standard InChI is InChI=1S/C19H29N3O2/c1-16-15-24-13-12-21(16)11-10-20(2)18-8-9-22(19(18)23)14-17-6-4-3-5-7-17/h3-7,16,18H,8-15H2,1-2H3/t16-,18-/m1/s1. The van der Waals surface area contributed by atoms with Crippen molar-refractivity contribution in [3.05, 3.63) is 35.9 Å². The number of amides is 1. The number of rotatable bonds is 6. The Hall–Kier alpha value is -1.43. The fraction of sp³-hybridized carbons (Fsp3) is 0.632. The number of morpholine rings is 1. The zero-order valence-electron chi connectivity index (χ0n) is 14.9.